The normalized spacial score (nSPS) is 18.9. The van der Waals surface area contributed by atoms with Gasteiger partial charge in [-0.1, -0.05) is 19.3 Å². The Balaban J connectivity index is 1.38. The first-order valence-corrected chi connectivity index (χ1v) is 11.6. The minimum Gasteiger partial charge on any atom is -0.379 e. The van der Waals surface area contributed by atoms with Gasteiger partial charge in [0.1, 0.15) is 6.54 Å². The number of rotatable bonds is 6. The summed E-state index contributed by atoms with van der Waals surface area (Å²) in [6, 6.07) is 7.58. The molecule has 2 aliphatic rings. The van der Waals surface area contributed by atoms with Gasteiger partial charge in [-0.2, -0.15) is 0 Å². The van der Waals surface area contributed by atoms with Gasteiger partial charge in [0.05, 0.1) is 13.2 Å². The van der Waals surface area contributed by atoms with Crippen LogP contribution in [0.4, 0.5) is 10.5 Å². The van der Waals surface area contributed by atoms with Gasteiger partial charge in [-0.3, -0.25) is 9.69 Å². The van der Waals surface area contributed by atoms with Crippen molar-refractivity contribution in [3.05, 3.63) is 30.5 Å². The molecule has 2 heterocycles. The number of hydrogen-bond donors (Lipinski definition) is 2. The van der Waals surface area contributed by atoms with Crippen LogP contribution >= 0.6 is 0 Å². The van der Waals surface area contributed by atoms with Crippen LogP contribution in [0, 0.1) is 0 Å². The molecule has 0 spiro atoms. The molecule has 2 fully saturated rings. The number of carbonyl (C=O) groups excluding carboxylic acids is 2. The zero-order valence-corrected chi connectivity index (χ0v) is 19.2. The van der Waals surface area contributed by atoms with E-state index in [0.29, 0.717) is 13.1 Å². The molecule has 2 N–H and O–H groups in total. The highest BCUT2D eigenvalue weighted by Crippen LogP contribution is 2.34. The molecule has 2 aromatic rings. The van der Waals surface area contributed by atoms with E-state index < -0.39 is 0 Å². The zero-order chi connectivity index (χ0) is 22.6. The fourth-order valence-corrected chi connectivity index (χ4v) is 4.98. The first-order valence-electron chi connectivity index (χ1n) is 11.6. The Kier molecular flexibility index (Phi) is 7.01. The van der Waals surface area contributed by atoms with E-state index in [1.807, 2.05) is 35.0 Å². The highest BCUT2D eigenvalue weighted by Gasteiger charge is 2.38. The van der Waals surface area contributed by atoms with Crippen molar-refractivity contribution in [3.63, 3.8) is 0 Å². The van der Waals surface area contributed by atoms with Crippen LogP contribution in [0.15, 0.2) is 30.5 Å². The second kappa shape index (κ2) is 9.92. The van der Waals surface area contributed by atoms with E-state index in [0.717, 1.165) is 55.7 Å². The van der Waals surface area contributed by atoms with E-state index in [1.165, 1.54) is 19.3 Å². The molecule has 1 aliphatic carbocycles. The number of anilines is 1. The molecule has 1 aromatic carbocycles. The van der Waals surface area contributed by atoms with Crippen molar-refractivity contribution in [2.45, 2.75) is 44.2 Å². The molecule has 174 valence electrons. The van der Waals surface area contributed by atoms with E-state index in [1.54, 1.807) is 19.0 Å². The fourth-order valence-electron chi connectivity index (χ4n) is 4.98. The maximum atomic E-state index is 12.7. The van der Waals surface area contributed by atoms with Crippen LogP contribution in [0.2, 0.25) is 0 Å². The van der Waals surface area contributed by atoms with Gasteiger partial charge in [0.2, 0.25) is 5.91 Å². The average molecular weight is 442 g/mol. The summed E-state index contributed by atoms with van der Waals surface area (Å²) in [6.45, 7) is 4.37. The number of likely N-dealkylation sites (N-methyl/N-ethyl adjacent to an activating group) is 1. The van der Waals surface area contributed by atoms with Gasteiger partial charge < -0.3 is 24.8 Å². The van der Waals surface area contributed by atoms with Crippen LogP contribution in [0.25, 0.3) is 10.9 Å². The van der Waals surface area contributed by atoms with Crippen molar-refractivity contribution in [3.8, 4) is 0 Å². The van der Waals surface area contributed by atoms with Crippen LogP contribution in [-0.2, 0) is 16.1 Å². The molecule has 0 unspecified atom stereocenters. The second-order valence-electron chi connectivity index (χ2n) is 9.20. The van der Waals surface area contributed by atoms with E-state index in [-0.39, 0.29) is 17.5 Å². The SMILES string of the molecule is CN(C)C(=O)Cn1ccc2cc(NC(=O)NCC3(N4CCOCC4)CCCCC3)ccc21. The number of morpholine rings is 1. The van der Waals surface area contributed by atoms with Gasteiger partial charge in [-0.05, 0) is 37.1 Å². The van der Waals surface area contributed by atoms with Gasteiger partial charge in [0.25, 0.3) is 0 Å². The lowest BCUT2D eigenvalue weighted by Crippen LogP contribution is -2.60. The molecule has 1 aromatic heterocycles. The topological polar surface area (TPSA) is 78.8 Å². The third kappa shape index (κ3) is 5.07. The Morgan fingerprint density at radius 2 is 1.84 bits per heavy atom. The summed E-state index contributed by atoms with van der Waals surface area (Å²) in [5, 5.41) is 7.12. The van der Waals surface area contributed by atoms with Crippen molar-refractivity contribution in [2.24, 2.45) is 0 Å². The first kappa shape index (κ1) is 22.6. The molecule has 1 aliphatic heterocycles. The Bertz CT molecular complexity index is 942. The number of carbonyl (C=O) groups is 2. The lowest BCUT2D eigenvalue weighted by Gasteiger charge is -2.48. The van der Waals surface area contributed by atoms with Crippen molar-refractivity contribution in [2.75, 3.05) is 52.3 Å². The van der Waals surface area contributed by atoms with E-state index >= 15 is 0 Å². The maximum absolute atomic E-state index is 12.7. The third-order valence-electron chi connectivity index (χ3n) is 6.88. The number of hydrogen-bond acceptors (Lipinski definition) is 4. The number of nitrogens with zero attached hydrogens (tertiary/aromatic N) is 3. The van der Waals surface area contributed by atoms with Gasteiger partial charge >= 0.3 is 6.03 Å². The second-order valence-corrected chi connectivity index (χ2v) is 9.20. The lowest BCUT2D eigenvalue weighted by atomic mass is 9.80. The summed E-state index contributed by atoms with van der Waals surface area (Å²) >= 11 is 0. The van der Waals surface area contributed by atoms with E-state index in [9.17, 15) is 9.59 Å². The molecular weight excluding hydrogens is 406 g/mol. The molecule has 0 atom stereocenters. The summed E-state index contributed by atoms with van der Waals surface area (Å²) in [5.41, 5.74) is 1.76. The molecule has 8 nitrogen and oxygen atoms in total. The van der Waals surface area contributed by atoms with Gasteiger partial charge in [0, 0.05) is 62.1 Å². The van der Waals surface area contributed by atoms with Crippen LogP contribution in [0.1, 0.15) is 32.1 Å². The monoisotopic (exact) mass is 441 g/mol. The van der Waals surface area contributed by atoms with Crippen molar-refractivity contribution in [1.82, 2.24) is 19.7 Å². The number of fused-ring (bicyclic) bond motifs is 1. The Labute approximate surface area is 189 Å². The van der Waals surface area contributed by atoms with Gasteiger partial charge in [-0.25, -0.2) is 4.79 Å². The van der Waals surface area contributed by atoms with Crippen molar-refractivity contribution < 1.29 is 14.3 Å². The summed E-state index contributed by atoms with van der Waals surface area (Å²) < 4.78 is 7.47. The Morgan fingerprint density at radius 1 is 1.09 bits per heavy atom. The number of urea groups is 1. The quantitative estimate of drug-likeness (QED) is 0.723. The van der Waals surface area contributed by atoms with Crippen molar-refractivity contribution in [1.29, 1.82) is 0 Å². The minimum atomic E-state index is -0.176. The molecule has 32 heavy (non-hydrogen) atoms. The smallest absolute Gasteiger partial charge is 0.319 e. The lowest BCUT2D eigenvalue weighted by molar-refractivity contribution is -0.129. The van der Waals surface area contributed by atoms with Crippen LogP contribution in [0.5, 0.6) is 0 Å². The highest BCUT2D eigenvalue weighted by molar-refractivity contribution is 5.93. The van der Waals surface area contributed by atoms with E-state index in [4.69, 9.17) is 4.74 Å². The molecule has 0 radical (unpaired) electrons. The number of aromatic nitrogens is 1. The van der Waals surface area contributed by atoms with Gasteiger partial charge in [-0.15, -0.1) is 0 Å². The standard InChI is InChI=1S/C24H35N5O3/c1-27(2)22(30)17-28-11-8-19-16-20(6-7-21(19)28)26-23(31)25-18-24(9-4-3-5-10-24)29-12-14-32-15-13-29/h6-8,11,16H,3-5,9-10,12-15,17-18H2,1-2H3,(H2,25,26,31). The first-order chi connectivity index (χ1) is 15.5. The van der Waals surface area contributed by atoms with Gasteiger partial charge in [0.15, 0.2) is 0 Å². The molecule has 1 saturated heterocycles. The summed E-state index contributed by atoms with van der Waals surface area (Å²) in [4.78, 5) is 28.9. The predicted molar refractivity (Wildman–Crippen MR) is 126 cm³/mol. The summed E-state index contributed by atoms with van der Waals surface area (Å²) in [5.74, 6) is 0.0426. The van der Waals surface area contributed by atoms with Crippen LogP contribution < -0.4 is 10.6 Å². The number of benzene rings is 1. The zero-order valence-electron chi connectivity index (χ0n) is 19.2. The minimum absolute atomic E-state index is 0.0412. The number of nitrogens with one attached hydrogen (secondary N) is 2. The maximum Gasteiger partial charge on any atom is 0.319 e. The molecule has 1 saturated carbocycles. The fraction of sp³-hybridized carbons (Fsp3) is 0.583. The highest BCUT2D eigenvalue weighted by atomic mass is 16.5. The van der Waals surface area contributed by atoms with Crippen LogP contribution in [0.3, 0.4) is 0 Å². The number of ether oxygens (including phenoxy) is 1. The molecule has 8 heteroatoms. The van der Waals surface area contributed by atoms with Crippen LogP contribution in [-0.4, -0.2) is 78.8 Å². The Morgan fingerprint density at radius 3 is 2.56 bits per heavy atom. The average Bonchev–Trinajstić information content (AvgIpc) is 3.20. The third-order valence-corrected chi connectivity index (χ3v) is 6.88. The molecule has 3 amide bonds. The van der Waals surface area contributed by atoms with Crippen molar-refractivity contribution >= 4 is 28.5 Å². The summed E-state index contributed by atoms with van der Waals surface area (Å²) in [7, 11) is 3.51. The largest absolute Gasteiger partial charge is 0.379 e. The molecular formula is C24H35N5O3. The predicted octanol–water partition coefficient (Wildman–Crippen LogP) is 2.89. The Hall–Kier alpha value is -2.58. The van der Waals surface area contributed by atoms with E-state index in [2.05, 4.69) is 15.5 Å². The number of amides is 3. The molecule has 4 rings (SSSR count). The summed E-state index contributed by atoms with van der Waals surface area (Å²) in [6.07, 6.45) is 7.86. The molecule has 0 bridgehead atoms.